The van der Waals surface area contributed by atoms with Crippen molar-refractivity contribution in [3.63, 3.8) is 0 Å². The molecule has 0 saturated heterocycles. The maximum Gasteiger partial charge on any atom is 0.00672 e. The fourth-order valence-electron chi connectivity index (χ4n) is 1.86. The molecule has 1 aliphatic carbocycles. The zero-order chi connectivity index (χ0) is 6.85. The fraction of sp³-hybridized carbons (Fsp3) is 1.00. The normalized spacial score (nSPS) is 43.7. The van der Waals surface area contributed by atoms with Crippen molar-refractivity contribution >= 4 is 0 Å². The molecular formula is C8H17N. The molecule has 0 aliphatic heterocycles. The Labute approximate surface area is 57.6 Å². The average molecular weight is 127 g/mol. The molecule has 1 heteroatoms. The van der Waals surface area contributed by atoms with Crippen LogP contribution >= 0.6 is 0 Å². The molecule has 9 heavy (non-hydrogen) atoms. The quantitative estimate of drug-likeness (QED) is 0.570. The maximum absolute atomic E-state index is 5.84. The topological polar surface area (TPSA) is 26.0 Å². The summed E-state index contributed by atoms with van der Waals surface area (Å²) in [6.07, 6.45) is 3.92. The summed E-state index contributed by atoms with van der Waals surface area (Å²) in [7, 11) is 0. The maximum atomic E-state index is 5.84. The molecule has 0 aromatic rings. The van der Waals surface area contributed by atoms with Gasteiger partial charge in [-0.1, -0.05) is 20.3 Å². The van der Waals surface area contributed by atoms with E-state index >= 15 is 0 Å². The predicted molar refractivity (Wildman–Crippen MR) is 40.2 cm³/mol. The second-order valence-corrected chi connectivity index (χ2v) is 3.27. The Hall–Kier alpha value is -0.0400. The van der Waals surface area contributed by atoms with Crippen LogP contribution in [0.3, 0.4) is 0 Å². The minimum absolute atomic E-state index is 0.495. The zero-order valence-electron chi connectivity index (χ0n) is 6.43. The number of hydrogen-bond donors (Lipinski definition) is 1. The molecule has 3 unspecified atom stereocenters. The minimum atomic E-state index is 0.495. The van der Waals surface area contributed by atoms with Crippen molar-refractivity contribution in [2.45, 2.75) is 39.2 Å². The van der Waals surface area contributed by atoms with Crippen molar-refractivity contribution in [1.29, 1.82) is 0 Å². The highest BCUT2D eigenvalue weighted by Gasteiger charge is 2.28. The molecule has 1 nitrogen and oxygen atoms in total. The molecule has 0 aromatic heterocycles. The first-order chi connectivity index (χ1) is 4.25. The van der Waals surface area contributed by atoms with Crippen molar-refractivity contribution in [3.8, 4) is 0 Å². The zero-order valence-corrected chi connectivity index (χ0v) is 6.43. The highest BCUT2D eigenvalue weighted by atomic mass is 14.7. The molecule has 1 saturated carbocycles. The van der Waals surface area contributed by atoms with E-state index in [-0.39, 0.29) is 0 Å². The summed E-state index contributed by atoms with van der Waals surface area (Å²) in [5.41, 5.74) is 5.84. The summed E-state index contributed by atoms with van der Waals surface area (Å²) in [4.78, 5) is 0. The number of rotatable bonds is 1. The second-order valence-electron chi connectivity index (χ2n) is 3.27. The Morgan fingerprint density at radius 3 is 2.33 bits per heavy atom. The van der Waals surface area contributed by atoms with Gasteiger partial charge in [-0.2, -0.15) is 0 Å². The smallest absolute Gasteiger partial charge is 0.00672 e. The van der Waals surface area contributed by atoms with Gasteiger partial charge < -0.3 is 5.73 Å². The largest absolute Gasteiger partial charge is 0.327 e. The van der Waals surface area contributed by atoms with Crippen molar-refractivity contribution in [3.05, 3.63) is 0 Å². The third kappa shape index (κ3) is 1.26. The van der Waals surface area contributed by atoms with Crippen LogP contribution in [0.4, 0.5) is 0 Å². The van der Waals surface area contributed by atoms with E-state index in [2.05, 4.69) is 13.8 Å². The van der Waals surface area contributed by atoms with E-state index in [4.69, 9.17) is 5.73 Å². The molecule has 0 aromatic carbocycles. The summed E-state index contributed by atoms with van der Waals surface area (Å²) < 4.78 is 0. The van der Waals surface area contributed by atoms with E-state index in [0.29, 0.717) is 6.04 Å². The van der Waals surface area contributed by atoms with Crippen LogP contribution in [0.25, 0.3) is 0 Å². The van der Waals surface area contributed by atoms with Gasteiger partial charge in [-0.05, 0) is 24.7 Å². The minimum Gasteiger partial charge on any atom is -0.327 e. The van der Waals surface area contributed by atoms with Gasteiger partial charge in [-0.3, -0.25) is 0 Å². The Kier molecular flexibility index (Phi) is 2.12. The molecule has 1 aliphatic rings. The summed E-state index contributed by atoms with van der Waals surface area (Å²) >= 11 is 0. The van der Waals surface area contributed by atoms with Crippen molar-refractivity contribution < 1.29 is 0 Å². The van der Waals surface area contributed by atoms with Crippen LogP contribution < -0.4 is 5.73 Å². The van der Waals surface area contributed by atoms with Gasteiger partial charge in [0.25, 0.3) is 0 Å². The molecule has 0 radical (unpaired) electrons. The van der Waals surface area contributed by atoms with Crippen LogP contribution in [0.5, 0.6) is 0 Å². The van der Waals surface area contributed by atoms with Gasteiger partial charge in [0.15, 0.2) is 0 Å². The molecule has 0 heterocycles. The fourth-order valence-corrected chi connectivity index (χ4v) is 1.86. The molecule has 2 N–H and O–H groups in total. The first kappa shape index (κ1) is 7.07. The van der Waals surface area contributed by atoms with Gasteiger partial charge in [-0.15, -0.1) is 0 Å². The van der Waals surface area contributed by atoms with Crippen molar-refractivity contribution in [1.82, 2.24) is 0 Å². The standard InChI is InChI=1S/C8H17N/c1-3-7-4-5-8(9)6(7)2/h6-8H,3-5,9H2,1-2H3. The lowest BCUT2D eigenvalue weighted by Gasteiger charge is -2.15. The van der Waals surface area contributed by atoms with Gasteiger partial charge in [0.1, 0.15) is 0 Å². The summed E-state index contributed by atoms with van der Waals surface area (Å²) in [6, 6.07) is 0.495. The van der Waals surface area contributed by atoms with Crippen LogP contribution in [0, 0.1) is 11.8 Å². The average Bonchev–Trinajstić information content (AvgIpc) is 2.15. The first-order valence-corrected chi connectivity index (χ1v) is 4.01. The number of hydrogen-bond acceptors (Lipinski definition) is 1. The molecule has 0 spiro atoms. The third-order valence-electron chi connectivity index (χ3n) is 2.81. The molecule has 1 rings (SSSR count). The summed E-state index contributed by atoms with van der Waals surface area (Å²) in [5.74, 6) is 1.69. The third-order valence-corrected chi connectivity index (χ3v) is 2.81. The lowest BCUT2D eigenvalue weighted by Crippen LogP contribution is -2.24. The van der Waals surface area contributed by atoms with Crippen LogP contribution in [0.2, 0.25) is 0 Å². The van der Waals surface area contributed by atoms with Crippen molar-refractivity contribution in [2.75, 3.05) is 0 Å². The molecule has 1 fully saturated rings. The lowest BCUT2D eigenvalue weighted by molar-refractivity contribution is 0.382. The van der Waals surface area contributed by atoms with Gasteiger partial charge in [-0.25, -0.2) is 0 Å². The molecule has 3 atom stereocenters. The Balaban J connectivity index is 2.41. The Morgan fingerprint density at radius 2 is 2.11 bits per heavy atom. The first-order valence-electron chi connectivity index (χ1n) is 4.01. The molecular weight excluding hydrogens is 110 g/mol. The van der Waals surface area contributed by atoms with Gasteiger partial charge in [0.05, 0.1) is 0 Å². The van der Waals surface area contributed by atoms with Crippen molar-refractivity contribution in [2.24, 2.45) is 17.6 Å². The van der Waals surface area contributed by atoms with Crippen LogP contribution in [0.15, 0.2) is 0 Å². The monoisotopic (exact) mass is 127 g/mol. The van der Waals surface area contributed by atoms with Gasteiger partial charge >= 0.3 is 0 Å². The molecule has 0 bridgehead atoms. The van der Waals surface area contributed by atoms with E-state index in [0.717, 1.165) is 11.8 Å². The van der Waals surface area contributed by atoms with Crippen LogP contribution in [-0.4, -0.2) is 6.04 Å². The highest BCUT2D eigenvalue weighted by molar-refractivity contribution is 4.83. The Morgan fingerprint density at radius 1 is 1.44 bits per heavy atom. The van der Waals surface area contributed by atoms with Crippen LogP contribution in [-0.2, 0) is 0 Å². The summed E-state index contributed by atoms with van der Waals surface area (Å²) in [5, 5.41) is 0. The van der Waals surface area contributed by atoms with Gasteiger partial charge in [0.2, 0.25) is 0 Å². The van der Waals surface area contributed by atoms with E-state index in [1.165, 1.54) is 19.3 Å². The van der Waals surface area contributed by atoms with E-state index in [1.807, 2.05) is 0 Å². The highest BCUT2D eigenvalue weighted by Crippen LogP contribution is 2.32. The number of nitrogens with two attached hydrogens (primary N) is 1. The SMILES string of the molecule is CCC1CCC(N)C1C. The molecule has 0 amide bonds. The van der Waals surface area contributed by atoms with Gasteiger partial charge in [0, 0.05) is 6.04 Å². The van der Waals surface area contributed by atoms with E-state index in [9.17, 15) is 0 Å². The predicted octanol–water partition coefficient (Wildman–Crippen LogP) is 1.77. The summed E-state index contributed by atoms with van der Waals surface area (Å²) in [6.45, 7) is 4.55. The lowest BCUT2D eigenvalue weighted by atomic mass is 9.94. The second kappa shape index (κ2) is 2.70. The molecule has 54 valence electrons. The van der Waals surface area contributed by atoms with E-state index < -0.39 is 0 Å². The Bertz CT molecular complexity index is 90.6. The van der Waals surface area contributed by atoms with E-state index in [1.54, 1.807) is 0 Å². The van der Waals surface area contributed by atoms with Crippen LogP contribution in [0.1, 0.15) is 33.1 Å².